The Hall–Kier alpha value is -3.04. The highest BCUT2D eigenvalue weighted by molar-refractivity contribution is 7.89. The molecule has 2 aromatic rings. The number of sulfonamides is 1. The smallest absolute Gasteiger partial charge is 0.248 e. The minimum Gasteiger partial charge on any atom is -0.366 e. The highest BCUT2D eigenvalue weighted by Gasteiger charge is 2.30. The molecule has 140 valence electrons. The molecule has 9 heteroatoms. The maximum absolute atomic E-state index is 12.4. The zero-order chi connectivity index (χ0) is 19.6. The van der Waals surface area contributed by atoms with E-state index in [1.807, 2.05) is 0 Å². The summed E-state index contributed by atoms with van der Waals surface area (Å²) in [6.07, 6.45) is 0.323. The molecule has 1 heterocycles. The second-order valence-corrected chi connectivity index (χ2v) is 7.77. The molecular formula is C18H17N3O5S. The fourth-order valence-corrected chi connectivity index (χ4v) is 3.71. The summed E-state index contributed by atoms with van der Waals surface area (Å²) < 4.78 is 27.3. The molecule has 3 N–H and O–H groups in total. The van der Waals surface area contributed by atoms with E-state index >= 15 is 0 Å². The standard InChI is InChI=1S/C18H17N3O5S/c19-18(24)13-3-1-12(2-4-13)11-20-27(25,26)15-7-5-14(6-8-15)21-16(22)9-10-17(21)23/h1-8,20H,9-11H2,(H2,19,24). The normalized spacial score (nSPS) is 14.6. The first kappa shape index (κ1) is 18.7. The van der Waals surface area contributed by atoms with Crippen molar-refractivity contribution in [3.05, 3.63) is 59.7 Å². The van der Waals surface area contributed by atoms with E-state index in [4.69, 9.17) is 5.73 Å². The molecule has 0 bridgehead atoms. The van der Waals surface area contributed by atoms with Crippen LogP contribution in [-0.2, 0) is 26.2 Å². The molecule has 1 aliphatic heterocycles. The van der Waals surface area contributed by atoms with Crippen LogP contribution in [0.2, 0.25) is 0 Å². The van der Waals surface area contributed by atoms with Crippen molar-refractivity contribution in [2.75, 3.05) is 4.90 Å². The van der Waals surface area contributed by atoms with Gasteiger partial charge in [0.2, 0.25) is 27.7 Å². The number of carbonyl (C=O) groups is 3. The van der Waals surface area contributed by atoms with Crippen LogP contribution in [0.1, 0.15) is 28.8 Å². The molecule has 0 aliphatic carbocycles. The third-order valence-corrected chi connectivity index (χ3v) is 5.58. The van der Waals surface area contributed by atoms with Crippen LogP contribution in [0.15, 0.2) is 53.4 Å². The Labute approximate surface area is 156 Å². The molecule has 0 atom stereocenters. The van der Waals surface area contributed by atoms with Crippen LogP contribution in [0.4, 0.5) is 5.69 Å². The van der Waals surface area contributed by atoms with Crippen molar-refractivity contribution in [3.63, 3.8) is 0 Å². The van der Waals surface area contributed by atoms with E-state index in [1.54, 1.807) is 12.1 Å². The summed E-state index contributed by atoms with van der Waals surface area (Å²) in [5, 5.41) is 0. The monoisotopic (exact) mass is 387 g/mol. The lowest BCUT2D eigenvalue weighted by Crippen LogP contribution is -2.28. The molecule has 2 aromatic carbocycles. The van der Waals surface area contributed by atoms with E-state index in [1.165, 1.54) is 36.4 Å². The molecule has 1 fully saturated rings. The fraction of sp³-hybridized carbons (Fsp3) is 0.167. The van der Waals surface area contributed by atoms with Gasteiger partial charge < -0.3 is 5.73 Å². The van der Waals surface area contributed by atoms with E-state index in [0.717, 1.165) is 4.90 Å². The van der Waals surface area contributed by atoms with Gasteiger partial charge in [-0.25, -0.2) is 13.1 Å². The Kier molecular flexibility index (Phi) is 5.06. The van der Waals surface area contributed by atoms with Gasteiger partial charge in [-0.3, -0.25) is 19.3 Å². The number of anilines is 1. The Balaban J connectivity index is 1.70. The van der Waals surface area contributed by atoms with Crippen LogP contribution in [-0.4, -0.2) is 26.1 Å². The van der Waals surface area contributed by atoms with E-state index in [-0.39, 0.29) is 36.1 Å². The zero-order valence-corrected chi connectivity index (χ0v) is 15.0. The molecule has 0 aromatic heterocycles. The van der Waals surface area contributed by atoms with Gasteiger partial charge in [0, 0.05) is 24.9 Å². The average molecular weight is 387 g/mol. The van der Waals surface area contributed by atoms with Crippen LogP contribution in [0.3, 0.4) is 0 Å². The Morgan fingerprint density at radius 3 is 2.04 bits per heavy atom. The van der Waals surface area contributed by atoms with E-state index in [2.05, 4.69) is 4.72 Å². The van der Waals surface area contributed by atoms with Gasteiger partial charge in [-0.05, 0) is 42.0 Å². The maximum atomic E-state index is 12.4. The predicted molar refractivity (Wildman–Crippen MR) is 97.2 cm³/mol. The SMILES string of the molecule is NC(=O)c1ccc(CNS(=O)(=O)c2ccc(N3C(=O)CCC3=O)cc2)cc1. The van der Waals surface area contributed by atoms with Gasteiger partial charge in [0.15, 0.2) is 0 Å². The van der Waals surface area contributed by atoms with E-state index in [0.29, 0.717) is 16.8 Å². The van der Waals surface area contributed by atoms with Gasteiger partial charge in [0.1, 0.15) is 0 Å². The highest BCUT2D eigenvalue weighted by Crippen LogP contribution is 2.24. The highest BCUT2D eigenvalue weighted by atomic mass is 32.2. The summed E-state index contributed by atoms with van der Waals surface area (Å²) in [5.41, 5.74) is 6.51. The molecule has 0 saturated carbocycles. The van der Waals surface area contributed by atoms with Gasteiger partial charge in [-0.2, -0.15) is 0 Å². The number of rotatable bonds is 6. The summed E-state index contributed by atoms with van der Waals surface area (Å²) in [5.74, 6) is -1.15. The molecule has 3 amide bonds. The van der Waals surface area contributed by atoms with Crippen LogP contribution < -0.4 is 15.4 Å². The van der Waals surface area contributed by atoms with Crippen LogP contribution in [0.5, 0.6) is 0 Å². The van der Waals surface area contributed by atoms with Crippen molar-refractivity contribution in [1.29, 1.82) is 0 Å². The number of carbonyl (C=O) groups excluding carboxylic acids is 3. The fourth-order valence-electron chi connectivity index (χ4n) is 2.69. The minimum atomic E-state index is -3.78. The zero-order valence-electron chi connectivity index (χ0n) is 14.2. The van der Waals surface area contributed by atoms with Crippen molar-refractivity contribution in [1.82, 2.24) is 4.72 Å². The number of nitrogens with one attached hydrogen (secondary N) is 1. The molecule has 1 saturated heterocycles. The molecular weight excluding hydrogens is 370 g/mol. The van der Waals surface area contributed by atoms with Crippen molar-refractivity contribution < 1.29 is 22.8 Å². The minimum absolute atomic E-state index is 0.0131. The summed E-state index contributed by atoms with van der Waals surface area (Å²) in [7, 11) is -3.78. The molecule has 3 rings (SSSR count). The second-order valence-electron chi connectivity index (χ2n) is 6.00. The number of imide groups is 1. The van der Waals surface area contributed by atoms with Gasteiger partial charge >= 0.3 is 0 Å². The Morgan fingerprint density at radius 2 is 1.52 bits per heavy atom. The first-order valence-corrected chi connectivity index (χ1v) is 9.60. The molecule has 27 heavy (non-hydrogen) atoms. The first-order chi connectivity index (χ1) is 12.8. The van der Waals surface area contributed by atoms with Crippen molar-refractivity contribution in [2.24, 2.45) is 5.73 Å². The van der Waals surface area contributed by atoms with Crippen LogP contribution in [0.25, 0.3) is 0 Å². The third-order valence-electron chi connectivity index (χ3n) is 4.16. The number of hydrogen-bond acceptors (Lipinski definition) is 5. The largest absolute Gasteiger partial charge is 0.366 e. The van der Waals surface area contributed by atoms with Crippen LogP contribution >= 0.6 is 0 Å². The Morgan fingerprint density at radius 1 is 0.963 bits per heavy atom. The van der Waals surface area contributed by atoms with Crippen LogP contribution in [0, 0.1) is 0 Å². The number of nitrogens with two attached hydrogens (primary N) is 1. The summed E-state index contributed by atoms with van der Waals surface area (Å²) in [6.45, 7) is 0.0340. The average Bonchev–Trinajstić information content (AvgIpc) is 2.99. The van der Waals surface area contributed by atoms with E-state index in [9.17, 15) is 22.8 Å². The van der Waals surface area contributed by atoms with Gasteiger partial charge in [0.05, 0.1) is 10.6 Å². The molecule has 8 nitrogen and oxygen atoms in total. The lowest BCUT2D eigenvalue weighted by Gasteiger charge is -2.14. The summed E-state index contributed by atoms with van der Waals surface area (Å²) >= 11 is 0. The molecule has 0 spiro atoms. The number of hydrogen-bond donors (Lipinski definition) is 2. The van der Waals surface area contributed by atoms with E-state index < -0.39 is 15.9 Å². The number of amides is 3. The summed E-state index contributed by atoms with van der Waals surface area (Å²) in [4.78, 5) is 35.6. The third kappa shape index (κ3) is 4.04. The molecule has 0 radical (unpaired) electrons. The van der Waals surface area contributed by atoms with Gasteiger partial charge in [-0.1, -0.05) is 12.1 Å². The number of nitrogens with zero attached hydrogens (tertiary/aromatic N) is 1. The Bertz CT molecular complexity index is 982. The second kappa shape index (κ2) is 7.29. The topological polar surface area (TPSA) is 127 Å². The lowest BCUT2D eigenvalue weighted by molar-refractivity contribution is -0.121. The van der Waals surface area contributed by atoms with Crippen molar-refractivity contribution in [3.8, 4) is 0 Å². The van der Waals surface area contributed by atoms with Gasteiger partial charge in [-0.15, -0.1) is 0 Å². The van der Waals surface area contributed by atoms with Crippen molar-refractivity contribution in [2.45, 2.75) is 24.3 Å². The molecule has 1 aliphatic rings. The predicted octanol–water partition coefficient (Wildman–Crippen LogP) is 0.917. The molecule has 0 unspecified atom stereocenters. The number of primary amides is 1. The lowest BCUT2D eigenvalue weighted by atomic mass is 10.1. The first-order valence-electron chi connectivity index (χ1n) is 8.12. The maximum Gasteiger partial charge on any atom is 0.248 e. The quantitative estimate of drug-likeness (QED) is 0.713. The summed E-state index contributed by atoms with van der Waals surface area (Å²) in [6, 6.07) is 11.8. The van der Waals surface area contributed by atoms with Crippen molar-refractivity contribution >= 4 is 33.4 Å². The van der Waals surface area contributed by atoms with Gasteiger partial charge in [0.25, 0.3) is 0 Å². The number of benzene rings is 2.